The highest BCUT2D eigenvalue weighted by Crippen LogP contribution is 2.36. The highest BCUT2D eigenvalue weighted by atomic mass is 32.1. The number of ether oxygens (including phenoxy) is 1. The van der Waals surface area contributed by atoms with Crippen molar-refractivity contribution >= 4 is 27.4 Å². The fourth-order valence-electron chi connectivity index (χ4n) is 2.63. The van der Waals surface area contributed by atoms with Gasteiger partial charge in [-0.25, -0.2) is 15.0 Å². The van der Waals surface area contributed by atoms with Gasteiger partial charge in [-0.05, 0) is 17.7 Å². The third kappa shape index (κ3) is 3.16. The Hall–Kier alpha value is -3.00. The molecule has 0 aliphatic rings. The summed E-state index contributed by atoms with van der Waals surface area (Å²) in [5.74, 6) is 1.67. The average Bonchev–Trinajstić information content (AvgIpc) is 3.32. The largest absolute Gasteiger partial charge is 0.497 e. The van der Waals surface area contributed by atoms with Crippen molar-refractivity contribution in [3.05, 3.63) is 48.6 Å². The van der Waals surface area contributed by atoms with E-state index < -0.39 is 0 Å². The molecule has 0 bridgehead atoms. The summed E-state index contributed by atoms with van der Waals surface area (Å²) in [7, 11) is 1.67. The number of fused-ring (bicyclic) bond motifs is 1. The van der Waals surface area contributed by atoms with E-state index in [4.69, 9.17) is 4.74 Å². The van der Waals surface area contributed by atoms with Crippen LogP contribution in [0.5, 0.6) is 5.75 Å². The normalized spacial score (nSPS) is 10.9. The third-order valence-corrected chi connectivity index (χ3v) is 4.76. The number of nitrogens with zero attached hydrogens (tertiary/aromatic N) is 5. The van der Waals surface area contributed by atoms with Crippen LogP contribution in [-0.2, 0) is 6.54 Å². The molecule has 7 nitrogen and oxygen atoms in total. The molecule has 4 aromatic rings. The Bertz CT molecular complexity index is 965. The fraction of sp³-hybridized carbons (Fsp3) is 0.176. The predicted octanol–water partition coefficient (Wildman–Crippen LogP) is 3.07. The first-order valence-electron chi connectivity index (χ1n) is 7.78. The minimum absolute atomic E-state index is 0.702. The molecule has 4 rings (SSSR count). The second-order valence-electron chi connectivity index (χ2n) is 5.37. The number of hydrogen-bond acceptors (Lipinski definition) is 7. The van der Waals surface area contributed by atoms with E-state index in [1.54, 1.807) is 35.8 Å². The van der Waals surface area contributed by atoms with Crippen LogP contribution < -0.4 is 10.1 Å². The zero-order valence-electron chi connectivity index (χ0n) is 13.6. The molecule has 1 N–H and O–H groups in total. The van der Waals surface area contributed by atoms with Crippen molar-refractivity contribution < 1.29 is 4.74 Å². The Labute approximate surface area is 148 Å². The lowest BCUT2D eigenvalue weighted by Crippen LogP contribution is -2.12. The SMILES string of the molecule is COc1ccc(-c2csc3ncnc(NCCn4cncn4)c23)cc1. The van der Waals surface area contributed by atoms with Crippen molar-refractivity contribution in [3.8, 4) is 16.9 Å². The molecule has 0 aliphatic carbocycles. The first-order chi connectivity index (χ1) is 12.3. The van der Waals surface area contributed by atoms with E-state index in [1.807, 2.05) is 24.3 Å². The van der Waals surface area contributed by atoms with Gasteiger partial charge < -0.3 is 10.1 Å². The molecule has 0 atom stereocenters. The molecule has 126 valence electrons. The van der Waals surface area contributed by atoms with Gasteiger partial charge in [-0.2, -0.15) is 5.10 Å². The topological polar surface area (TPSA) is 77.8 Å². The lowest BCUT2D eigenvalue weighted by atomic mass is 10.1. The molecule has 0 spiro atoms. The first kappa shape index (κ1) is 15.5. The molecule has 3 aromatic heterocycles. The molecule has 8 heteroatoms. The molecular weight excluding hydrogens is 336 g/mol. The van der Waals surface area contributed by atoms with Crippen molar-refractivity contribution in [2.75, 3.05) is 19.0 Å². The van der Waals surface area contributed by atoms with E-state index in [0.29, 0.717) is 13.1 Å². The Balaban J connectivity index is 1.63. The predicted molar refractivity (Wildman–Crippen MR) is 97.9 cm³/mol. The zero-order valence-corrected chi connectivity index (χ0v) is 14.4. The molecule has 0 radical (unpaired) electrons. The van der Waals surface area contributed by atoms with Gasteiger partial charge in [0.2, 0.25) is 0 Å². The van der Waals surface area contributed by atoms with Crippen molar-refractivity contribution in [2.45, 2.75) is 6.54 Å². The summed E-state index contributed by atoms with van der Waals surface area (Å²) in [5, 5.41) is 10.6. The van der Waals surface area contributed by atoms with Crippen molar-refractivity contribution in [2.24, 2.45) is 0 Å². The number of benzene rings is 1. The summed E-state index contributed by atoms with van der Waals surface area (Å²) < 4.78 is 7.02. The number of anilines is 1. The van der Waals surface area contributed by atoms with Crippen LogP contribution in [0.15, 0.2) is 48.6 Å². The number of hydrogen-bond donors (Lipinski definition) is 1. The average molecular weight is 352 g/mol. The highest BCUT2D eigenvalue weighted by molar-refractivity contribution is 7.17. The summed E-state index contributed by atoms with van der Waals surface area (Å²) in [6, 6.07) is 8.01. The minimum Gasteiger partial charge on any atom is -0.497 e. The van der Waals surface area contributed by atoms with Crippen LogP contribution in [0.3, 0.4) is 0 Å². The summed E-state index contributed by atoms with van der Waals surface area (Å²) in [5.41, 5.74) is 2.23. The number of thiophene rings is 1. The lowest BCUT2D eigenvalue weighted by Gasteiger charge is -2.08. The maximum Gasteiger partial charge on any atom is 0.138 e. The lowest BCUT2D eigenvalue weighted by molar-refractivity contribution is 0.415. The van der Waals surface area contributed by atoms with Gasteiger partial charge in [0.25, 0.3) is 0 Å². The summed E-state index contributed by atoms with van der Waals surface area (Å²) in [4.78, 5) is 13.7. The fourth-order valence-corrected chi connectivity index (χ4v) is 3.55. The van der Waals surface area contributed by atoms with Gasteiger partial charge in [-0.1, -0.05) is 12.1 Å². The van der Waals surface area contributed by atoms with Crippen LogP contribution in [0.4, 0.5) is 5.82 Å². The minimum atomic E-state index is 0.702. The van der Waals surface area contributed by atoms with Crippen molar-refractivity contribution in [3.63, 3.8) is 0 Å². The van der Waals surface area contributed by atoms with Crippen LogP contribution >= 0.6 is 11.3 Å². The standard InChI is InChI=1S/C17H16N6OS/c1-24-13-4-2-12(3-5-13)14-8-25-17-15(14)16(20-10-21-17)19-6-7-23-11-18-9-22-23/h2-5,8-11H,6-7H2,1H3,(H,19,20,21). The number of methoxy groups -OCH3 is 1. The first-order valence-corrected chi connectivity index (χ1v) is 8.66. The van der Waals surface area contributed by atoms with Crippen LogP contribution in [0.25, 0.3) is 21.3 Å². The smallest absolute Gasteiger partial charge is 0.138 e. The maximum absolute atomic E-state index is 5.24. The van der Waals surface area contributed by atoms with E-state index >= 15 is 0 Å². The molecule has 0 saturated carbocycles. The Kier molecular flexibility index (Phi) is 4.26. The molecule has 1 aromatic carbocycles. The van der Waals surface area contributed by atoms with Gasteiger partial charge in [0.15, 0.2) is 0 Å². The molecule has 0 saturated heterocycles. The molecule has 25 heavy (non-hydrogen) atoms. The van der Waals surface area contributed by atoms with E-state index in [2.05, 4.69) is 30.7 Å². The van der Waals surface area contributed by atoms with Crippen LogP contribution in [-0.4, -0.2) is 38.4 Å². The summed E-state index contributed by atoms with van der Waals surface area (Å²) >= 11 is 1.61. The second kappa shape index (κ2) is 6.86. The van der Waals surface area contributed by atoms with Crippen LogP contribution in [0.1, 0.15) is 0 Å². The Morgan fingerprint density at radius 2 is 2.04 bits per heavy atom. The van der Waals surface area contributed by atoms with Gasteiger partial charge in [-0.3, -0.25) is 4.68 Å². The number of rotatable bonds is 6. The second-order valence-corrected chi connectivity index (χ2v) is 6.22. The molecule has 0 amide bonds. The van der Waals surface area contributed by atoms with E-state index in [-0.39, 0.29) is 0 Å². The Morgan fingerprint density at radius 1 is 1.16 bits per heavy atom. The highest BCUT2D eigenvalue weighted by Gasteiger charge is 2.13. The van der Waals surface area contributed by atoms with Crippen molar-refractivity contribution in [1.82, 2.24) is 24.7 Å². The van der Waals surface area contributed by atoms with Gasteiger partial charge >= 0.3 is 0 Å². The van der Waals surface area contributed by atoms with E-state index in [1.165, 1.54) is 6.33 Å². The Morgan fingerprint density at radius 3 is 2.80 bits per heavy atom. The van der Waals surface area contributed by atoms with E-state index in [0.717, 1.165) is 32.9 Å². The molecular formula is C17H16N6OS. The monoisotopic (exact) mass is 352 g/mol. The quantitative estimate of drug-likeness (QED) is 0.575. The third-order valence-electron chi connectivity index (χ3n) is 3.87. The molecule has 3 heterocycles. The molecule has 0 unspecified atom stereocenters. The van der Waals surface area contributed by atoms with Gasteiger partial charge in [0.05, 0.1) is 19.0 Å². The number of nitrogens with one attached hydrogen (secondary N) is 1. The molecule has 0 aliphatic heterocycles. The molecule has 0 fully saturated rings. The van der Waals surface area contributed by atoms with Crippen LogP contribution in [0, 0.1) is 0 Å². The maximum atomic E-state index is 5.24. The van der Waals surface area contributed by atoms with Gasteiger partial charge in [-0.15, -0.1) is 11.3 Å². The van der Waals surface area contributed by atoms with Crippen LogP contribution in [0.2, 0.25) is 0 Å². The van der Waals surface area contributed by atoms with Crippen molar-refractivity contribution in [1.29, 1.82) is 0 Å². The van der Waals surface area contributed by atoms with Gasteiger partial charge in [0.1, 0.15) is 35.4 Å². The summed E-state index contributed by atoms with van der Waals surface area (Å²) in [6.45, 7) is 1.42. The number of aromatic nitrogens is 5. The van der Waals surface area contributed by atoms with Gasteiger partial charge in [0, 0.05) is 17.5 Å². The zero-order chi connectivity index (χ0) is 17.1. The summed E-state index contributed by atoms with van der Waals surface area (Å²) in [6.07, 6.45) is 4.82. The van der Waals surface area contributed by atoms with E-state index in [9.17, 15) is 0 Å².